The third kappa shape index (κ3) is 7.33. The van der Waals surface area contributed by atoms with Gasteiger partial charge < -0.3 is 10.4 Å². The van der Waals surface area contributed by atoms with Crippen molar-refractivity contribution < 1.29 is 39.9 Å². The van der Waals surface area contributed by atoms with Crippen molar-refractivity contribution >= 4 is 37.5 Å². The van der Waals surface area contributed by atoms with E-state index in [9.17, 15) is 39.9 Å². The van der Waals surface area contributed by atoms with Gasteiger partial charge in [-0.1, -0.05) is 48.0 Å². The first-order valence-electron chi connectivity index (χ1n) is 14.1. The number of nitrogens with zero attached hydrogens (tertiary/aromatic N) is 4. The lowest BCUT2D eigenvalue weighted by Gasteiger charge is -2.28. The van der Waals surface area contributed by atoms with Crippen molar-refractivity contribution in [1.29, 1.82) is 0 Å². The van der Waals surface area contributed by atoms with E-state index in [0.717, 1.165) is 20.6 Å². The summed E-state index contributed by atoms with van der Waals surface area (Å²) in [5, 5.41) is 21.5. The zero-order valence-electron chi connectivity index (χ0n) is 25.6. The minimum Gasteiger partial charge on any atom is -0.505 e. The summed E-state index contributed by atoms with van der Waals surface area (Å²) in [7, 11) is -6.59. The molecule has 254 valence electrons. The lowest BCUT2D eigenvalue weighted by molar-refractivity contribution is -0.141. The van der Waals surface area contributed by atoms with Crippen LogP contribution in [0.25, 0.3) is 22.7 Å². The fourth-order valence-electron chi connectivity index (χ4n) is 4.72. The van der Waals surface area contributed by atoms with Crippen LogP contribution in [0.3, 0.4) is 0 Å². The molecule has 0 saturated carbocycles. The van der Waals surface area contributed by atoms with Gasteiger partial charge in [0.25, 0.3) is 15.9 Å². The summed E-state index contributed by atoms with van der Waals surface area (Å²) in [4.78, 5) is 16.2. The molecule has 0 saturated heterocycles. The number of aliphatic hydroxyl groups excluding tert-OH is 1. The quantitative estimate of drug-likeness (QED) is 0.226. The lowest BCUT2D eigenvalue weighted by atomic mass is 10.1. The molecule has 2 aromatic heterocycles. The van der Waals surface area contributed by atoms with Gasteiger partial charge in [0.2, 0.25) is 10.0 Å². The fraction of sp³-hybridized carbons (Fsp3) is 0.0938. The van der Waals surface area contributed by atoms with Crippen LogP contribution < -0.4 is 10.5 Å². The van der Waals surface area contributed by atoms with Gasteiger partial charge in [-0.25, -0.2) is 31.6 Å². The number of fused-ring (bicyclic) bond motifs is 1. The van der Waals surface area contributed by atoms with Crippen molar-refractivity contribution in [3.63, 3.8) is 0 Å². The van der Waals surface area contributed by atoms with E-state index in [0.29, 0.717) is 5.56 Å². The van der Waals surface area contributed by atoms with E-state index < -0.39 is 43.6 Å². The molecule has 49 heavy (non-hydrogen) atoms. The molecule has 3 heterocycles. The Balaban J connectivity index is 0.000000192. The second-order valence-corrected chi connectivity index (χ2v) is 14.1. The van der Waals surface area contributed by atoms with Crippen LogP contribution in [0.4, 0.5) is 19.0 Å². The molecule has 0 aliphatic carbocycles. The molecule has 1 aliphatic heterocycles. The number of sulfonamides is 2. The maximum atomic E-state index is 13.1. The number of hydrogen-bond acceptors (Lipinski definition) is 8. The van der Waals surface area contributed by atoms with Crippen LogP contribution in [-0.4, -0.2) is 54.0 Å². The molecule has 5 aromatic rings. The van der Waals surface area contributed by atoms with Gasteiger partial charge in [-0.3, -0.25) is 9.10 Å². The zero-order chi connectivity index (χ0) is 35.7. The zero-order valence-corrected chi connectivity index (χ0v) is 27.3. The predicted molar refractivity (Wildman–Crippen MR) is 174 cm³/mol. The number of aromatic nitrogens is 3. The van der Waals surface area contributed by atoms with Crippen LogP contribution >= 0.6 is 0 Å². The minimum absolute atomic E-state index is 0.0469. The van der Waals surface area contributed by atoms with Gasteiger partial charge in [-0.05, 0) is 61.5 Å². The molecule has 0 spiro atoms. The number of carbonyl (C=O) groups excluding carboxylic acids is 1. The maximum Gasteiger partial charge on any atom is 0.435 e. The molecule has 0 atom stereocenters. The minimum atomic E-state index is -4.61. The molecule has 0 unspecified atom stereocenters. The Morgan fingerprint density at radius 1 is 0.939 bits per heavy atom. The number of hydrogen-bond donors (Lipinski definition) is 3. The van der Waals surface area contributed by atoms with Crippen molar-refractivity contribution in [2.75, 3.05) is 12.4 Å². The second kappa shape index (κ2) is 13.2. The molecule has 0 radical (unpaired) electrons. The smallest absolute Gasteiger partial charge is 0.435 e. The van der Waals surface area contributed by atoms with Gasteiger partial charge >= 0.3 is 6.18 Å². The normalized spacial score (nSPS) is 14.0. The second-order valence-electron chi connectivity index (χ2n) is 10.6. The SMILES string of the molecule is CN1C(C(=O)Nc2ccccn2)=C(O)c2ccccc2S1(=O)=O.Cc1ccc(-c2cc(C(F)(F)F)nn2-c2ccc(S(N)(=O)=O)cc2)cc1. The van der Waals surface area contributed by atoms with E-state index >= 15 is 0 Å². The van der Waals surface area contributed by atoms with E-state index in [4.69, 9.17) is 5.14 Å². The standard InChI is InChI=1S/C17H14F3N3O2S.C15H13N3O4S/c1-11-2-4-12(5-3-11)15-10-16(17(18,19)20)22-23(15)13-6-8-14(9-7-13)26(21,24)25;1-18-13(15(20)17-12-8-4-5-9-16-12)14(19)10-6-2-3-7-11(10)23(18,21)22/h2-10H,1H3,(H2,21,24,25);2-9,19H,1H3,(H,16,17,20). The number of rotatable bonds is 5. The summed E-state index contributed by atoms with van der Waals surface area (Å²) in [5.41, 5.74) is 0.737. The highest BCUT2D eigenvalue weighted by Crippen LogP contribution is 2.35. The first-order valence-corrected chi connectivity index (χ1v) is 17.1. The van der Waals surface area contributed by atoms with Crippen LogP contribution in [0.5, 0.6) is 0 Å². The Bertz CT molecular complexity index is 2270. The van der Waals surface area contributed by atoms with Gasteiger partial charge in [-0.2, -0.15) is 18.3 Å². The van der Waals surface area contributed by atoms with Gasteiger partial charge in [0.15, 0.2) is 17.2 Å². The Labute approximate surface area is 279 Å². The van der Waals surface area contributed by atoms with E-state index in [1.54, 1.807) is 54.6 Å². The molecule has 1 amide bonds. The first kappa shape index (κ1) is 34.8. The number of carbonyl (C=O) groups is 1. The number of primary sulfonamides is 1. The van der Waals surface area contributed by atoms with Gasteiger partial charge in [0, 0.05) is 24.4 Å². The summed E-state index contributed by atoms with van der Waals surface area (Å²) in [6.07, 6.45) is -3.12. The van der Waals surface area contributed by atoms with Crippen LogP contribution in [0.2, 0.25) is 0 Å². The number of nitrogens with one attached hydrogen (secondary N) is 1. The number of aliphatic hydroxyl groups is 1. The largest absolute Gasteiger partial charge is 0.505 e. The number of amides is 1. The molecule has 6 rings (SSSR count). The summed E-state index contributed by atoms with van der Waals surface area (Å²) in [5.74, 6) is -0.907. The van der Waals surface area contributed by atoms with Crippen LogP contribution in [0.15, 0.2) is 119 Å². The average Bonchev–Trinajstić information content (AvgIpc) is 3.52. The molecule has 3 aromatic carbocycles. The number of pyridine rings is 1. The molecule has 0 fully saturated rings. The Hall–Kier alpha value is -5.52. The van der Waals surface area contributed by atoms with Gasteiger partial charge in [-0.15, -0.1) is 0 Å². The summed E-state index contributed by atoms with van der Waals surface area (Å²) < 4.78 is 89.0. The topological polar surface area (TPSA) is 178 Å². The molecule has 1 aliphatic rings. The molecule has 12 nitrogen and oxygen atoms in total. The van der Waals surface area contributed by atoms with E-state index in [1.165, 1.54) is 49.6 Å². The average molecular weight is 713 g/mol. The highest BCUT2D eigenvalue weighted by Gasteiger charge is 2.38. The molecular formula is C32H27F3N6O6S2. The number of alkyl halides is 3. The van der Waals surface area contributed by atoms with Crippen LogP contribution in [0, 0.1) is 6.92 Å². The number of halogens is 3. The van der Waals surface area contributed by atoms with Crippen molar-refractivity contribution in [3.05, 3.63) is 126 Å². The predicted octanol–water partition coefficient (Wildman–Crippen LogP) is 5.09. The fourth-order valence-corrected chi connectivity index (χ4v) is 6.63. The Morgan fingerprint density at radius 3 is 2.16 bits per heavy atom. The summed E-state index contributed by atoms with van der Waals surface area (Å²) in [6.45, 7) is 1.87. The monoisotopic (exact) mass is 712 g/mol. The highest BCUT2D eigenvalue weighted by atomic mass is 32.2. The van der Waals surface area contributed by atoms with Crippen LogP contribution in [0.1, 0.15) is 16.8 Å². The molecular weight excluding hydrogens is 686 g/mol. The number of anilines is 1. The number of likely N-dealkylation sites (N-methyl/N-ethyl adjacent to an activating group) is 1. The number of benzene rings is 3. The van der Waals surface area contributed by atoms with Crippen LogP contribution in [-0.2, 0) is 31.0 Å². The number of nitrogens with two attached hydrogens (primary N) is 1. The first-order chi connectivity index (χ1) is 23.0. The number of aryl methyl sites for hydroxylation is 1. The Morgan fingerprint density at radius 2 is 1.57 bits per heavy atom. The van der Waals surface area contributed by atoms with E-state index in [1.807, 2.05) is 6.92 Å². The van der Waals surface area contributed by atoms with Gasteiger partial charge in [0.05, 0.1) is 21.2 Å². The third-order valence-electron chi connectivity index (χ3n) is 7.20. The third-order valence-corrected chi connectivity index (χ3v) is 9.94. The van der Waals surface area contributed by atoms with E-state index in [2.05, 4.69) is 15.4 Å². The summed E-state index contributed by atoms with van der Waals surface area (Å²) in [6, 6.07) is 23.9. The van der Waals surface area contributed by atoms with E-state index in [-0.39, 0.29) is 38.3 Å². The molecule has 17 heteroatoms. The lowest BCUT2D eigenvalue weighted by Crippen LogP contribution is -2.37. The van der Waals surface area contributed by atoms with Crippen molar-refractivity contribution in [3.8, 4) is 16.9 Å². The van der Waals surface area contributed by atoms with Crippen molar-refractivity contribution in [2.24, 2.45) is 5.14 Å². The Kier molecular flexibility index (Phi) is 9.36. The molecule has 0 bridgehead atoms. The van der Waals surface area contributed by atoms with Crippen molar-refractivity contribution in [1.82, 2.24) is 19.1 Å². The highest BCUT2D eigenvalue weighted by molar-refractivity contribution is 7.89. The van der Waals surface area contributed by atoms with Crippen molar-refractivity contribution in [2.45, 2.75) is 22.9 Å². The summed E-state index contributed by atoms with van der Waals surface area (Å²) >= 11 is 0. The maximum absolute atomic E-state index is 13.1. The van der Waals surface area contributed by atoms with Gasteiger partial charge in [0.1, 0.15) is 5.82 Å². The molecule has 4 N–H and O–H groups in total.